The van der Waals surface area contributed by atoms with Gasteiger partial charge in [0, 0.05) is 6.07 Å². The average molecular weight is 366 g/mol. The first-order valence-corrected chi connectivity index (χ1v) is 9.42. The second-order valence-electron chi connectivity index (χ2n) is 4.62. The fraction of sp³-hybridized carbons (Fsp3) is 0.400. The minimum absolute atomic E-state index is 0.0442. The third-order valence-electron chi connectivity index (χ3n) is 3.02. The third kappa shape index (κ3) is 3.87. The Labute approximate surface area is 132 Å². The van der Waals surface area contributed by atoms with Crippen molar-refractivity contribution >= 4 is 37.2 Å². The van der Waals surface area contributed by atoms with Gasteiger partial charge >= 0.3 is 0 Å². The Hall–Kier alpha value is -1.96. The van der Waals surface area contributed by atoms with Crippen molar-refractivity contribution in [2.75, 3.05) is 22.9 Å². The summed E-state index contributed by atoms with van der Waals surface area (Å²) in [5.74, 6) is -0.259. The Morgan fingerprint density at radius 2 is 2.04 bits per heavy atom. The molecule has 0 aromatic heterocycles. The van der Waals surface area contributed by atoms with Gasteiger partial charge in [-0.1, -0.05) is 0 Å². The molecule has 11 nitrogen and oxygen atoms in total. The van der Waals surface area contributed by atoms with E-state index in [4.69, 9.17) is 9.32 Å². The first kappa shape index (κ1) is 17.4. The van der Waals surface area contributed by atoms with E-state index in [2.05, 4.69) is 10.6 Å². The summed E-state index contributed by atoms with van der Waals surface area (Å²) >= 11 is 0. The second-order valence-corrected chi connectivity index (χ2v) is 8.07. The summed E-state index contributed by atoms with van der Waals surface area (Å²) in [5.41, 5.74) is -0.539. The molecule has 1 aliphatic rings. The molecule has 4 N–H and O–H groups in total. The Balaban J connectivity index is 2.45. The van der Waals surface area contributed by atoms with E-state index in [0.29, 0.717) is 0 Å². The van der Waals surface area contributed by atoms with Gasteiger partial charge in [0.2, 0.25) is 10.0 Å². The number of anilines is 2. The Morgan fingerprint density at radius 1 is 1.39 bits per heavy atom. The van der Waals surface area contributed by atoms with Crippen LogP contribution in [-0.2, 0) is 24.3 Å². The molecule has 0 saturated heterocycles. The molecule has 13 heteroatoms. The van der Waals surface area contributed by atoms with Crippen molar-refractivity contribution in [3.63, 3.8) is 0 Å². The van der Waals surface area contributed by atoms with Gasteiger partial charge in [-0.2, -0.15) is 8.42 Å². The van der Waals surface area contributed by atoms with Gasteiger partial charge in [0.05, 0.1) is 27.8 Å². The van der Waals surface area contributed by atoms with Crippen LogP contribution in [0.4, 0.5) is 17.1 Å². The fourth-order valence-electron chi connectivity index (χ4n) is 1.92. The Morgan fingerprint density at radius 3 is 2.57 bits per heavy atom. The summed E-state index contributed by atoms with van der Waals surface area (Å²) in [5, 5.41) is 21.4. The molecule has 1 atom stereocenters. The lowest BCUT2D eigenvalue weighted by Gasteiger charge is -2.27. The van der Waals surface area contributed by atoms with Crippen molar-refractivity contribution in [3.8, 4) is 0 Å². The summed E-state index contributed by atoms with van der Waals surface area (Å²) in [4.78, 5) is 9.90. The van der Waals surface area contributed by atoms with E-state index in [1.54, 1.807) is 0 Å². The lowest BCUT2D eigenvalue weighted by molar-refractivity contribution is -0.384. The lowest BCUT2D eigenvalue weighted by Crippen LogP contribution is -2.37. The molecule has 0 bridgehead atoms. The number of primary sulfonamides is 1. The van der Waals surface area contributed by atoms with Crippen LogP contribution in [0.1, 0.15) is 6.92 Å². The summed E-state index contributed by atoms with van der Waals surface area (Å²) in [6.07, 6.45) is -1.06. The molecule has 1 aromatic carbocycles. The number of benzene rings is 1. The van der Waals surface area contributed by atoms with E-state index in [0.717, 1.165) is 12.1 Å². The van der Waals surface area contributed by atoms with E-state index in [9.17, 15) is 26.9 Å². The zero-order valence-corrected chi connectivity index (χ0v) is 13.5. The molecule has 0 aliphatic carbocycles. The number of hydrogen-bond donors (Lipinski definition) is 3. The molecule has 1 aliphatic heterocycles. The number of nitro benzene ring substituents is 1. The number of sulfonamides is 1. The molecule has 0 fully saturated rings. The van der Waals surface area contributed by atoms with Gasteiger partial charge in [-0.25, -0.2) is 17.7 Å². The number of nitrogens with zero attached hydrogens (tertiary/aromatic N) is 1. The lowest BCUT2D eigenvalue weighted by atomic mass is 10.2. The van der Waals surface area contributed by atoms with Crippen LogP contribution in [0.25, 0.3) is 0 Å². The van der Waals surface area contributed by atoms with E-state index >= 15 is 0 Å². The van der Waals surface area contributed by atoms with Gasteiger partial charge in [0.25, 0.3) is 15.8 Å². The van der Waals surface area contributed by atoms with Crippen molar-refractivity contribution < 1.29 is 25.9 Å². The number of hydrogen-bond acceptors (Lipinski definition) is 9. The molecule has 1 aromatic rings. The topological polar surface area (TPSA) is 171 Å². The zero-order valence-electron chi connectivity index (χ0n) is 11.8. The van der Waals surface area contributed by atoms with Crippen LogP contribution in [0.5, 0.6) is 0 Å². The Bertz CT molecular complexity index is 850. The number of fused-ring (bicyclic) bond motifs is 1. The van der Waals surface area contributed by atoms with Crippen LogP contribution in [0.15, 0.2) is 17.0 Å². The summed E-state index contributed by atoms with van der Waals surface area (Å²) in [6, 6.07) is 1.91. The van der Waals surface area contributed by atoms with E-state index < -0.39 is 41.9 Å². The van der Waals surface area contributed by atoms with Crippen LogP contribution >= 0.6 is 0 Å². The normalized spacial score (nSPS) is 17.7. The van der Waals surface area contributed by atoms with Gasteiger partial charge in [-0.05, 0) is 13.0 Å². The highest BCUT2D eigenvalue weighted by Crippen LogP contribution is 2.38. The first-order chi connectivity index (χ1) is 10.5. The van der Waals surface area contributed by atoms with Gasteiger partial charge in [-0.3, -0.25) is 10.1 Å². The summed E-state index contributed by atoms with van der Waals surface area (Å²) < 4.78 is 50.6. The largest absolute Gasteiger partial charge is 0.379 e. The van der Waals surface area contributed by atoms with Gasteiger partial charge in [-0.15, -0.1) is 0 Å². The summed E-state index contributed by atoms with van der Waals surface area (Å²) in [6.45, 7) is 1.35. The molecule has 0 spiro atoms. The Kier molecular flexibility index (Phi) is 4.48. The molecular formula is C10H14N4O7S2. The molecule has 0 amide bonds. The van der Waals surface area contributed by atoms with Crippen LogP contribution in [-0.4, -0.2) is 40.3 Å². The van der Waals surface area contributed by atoms with Crippen LogP contribution < -0.4 is 15.8 Å². The monoisotopic (exact) mass is 366 g/mol. The minimum Gasteiger partial charge on any atom is -0.379 e. The molecule has 23 heavy (non-hydrogen) atoms. The van der Waals surface area contributed by atoms with Crippen molar-refractivity contribution in [3.05, 3.63) is 22.2 Å². The van der Waals surface area contributed by atoms with Gasteiger partial charge in [0.1, 0.15) is 5.69 Å². The maximum atomic E-state index is 11.5. The van der Waals surface area contributed by atoms with E-state index in [1.165, 1.54) is 6.92 Å². The number of nitrogens with one attached hydrogen (secondary N) is 2. The van der Waals surface area contributed by atoms with Crippen molar-refractivity contribution in [2.24, 2.45) is 5.14 Å². The van der Waals surface area contributed by atoms with Crippen molar-refractivity contribution in [1.29, 1.82) is 0 Å². The van der Waals surface area contributed by atoms with Crippen LogP contribution in [0, 0.1) is 10.1 Å². The quantitative estimate of drug-likeness (QED) is 0.361. The van der Waals surface area contributed by atoms with Crippen molar-refractivity contribution in [2.45, 2.75) is 18.0 Å². The third-order valence-corrected chi connectivity index (χ3v) is 5.14. The highest BCUT2D eigenvalue weighted by Gasteiger charge is 2.30. The standard InChI is InChI=1S/C10H14N4O7S2/c1-2-22(17,18)21-9-5-12-7-3-6(23(11,19)20)4-8(14(15)16)10(7)13-9/h3-4,9,12-13H,2,5H2,1H3,(H2,11,19,20). The first-order valence-electron chi connectivity index (χ1n) is 6.30. The maximum absolute atomic E-state index is 11.5. The predicted octanol–water partition coefficient (Wildman–Crippen LogP) is -0.228. The molecule has 1 heterocycles. The second kappa shape index (κ2) is 5.92. The van der Waals surface area contributed by atoms with Crippen LogP contribution in [0.3, 0.4) is 0 Å². The molecule has 128 valence electrons. The SMILES string of the molecule is CCS(=O)(=O)OC1CNc2cc(S(N)(=O)=O)cc([N+](=O)[O-])c2N1. The van der Waals surface area contributed by atoms with E-state index in [1.807, 2.05) is 0 Å². The molecular weight excluding hydrogens is 352 g/mol. The average Bonchev–Trinajstić information content (AvgIpc) is 2.44. The van der Waals surface area contributed by atoms with E-state index in [-0.39, 0.29) is 23.7 Å². The fourth-order valence-corrected chi connectivity index (χ4v) is 3.08. The molecule has 2 rings (SSSR count). The molecule has 1 unspecified atom stereocenters. The summed E-state index contributed by atoms with van der Waals surface area (Å²) in [7, 11) is -7.91. The molecule has 0 saturated carbocycles. The number of rotatable bonds is 5. The van der Waals surface area contributed by atoms with Gasteiger partial charge in [0.15, 0.2) is 6.23 Å². The highest BCUT2D eigenvalue weighted by molar-refractivity contribution is 7.89. The highest BCUT2D eigenvalue weighted by atomic mass is 32.2. The maximum Gasteiger partial charge on any atom is 0.295 e. The van der Waals surface area contributed by atoms with Crippen molar-refractivity contribution in [1.82, 2.24) is 0 Å². The zero-order chi connectivity index (χ0) is 17.4. The number of nitrogens with two attached hydrogens (primary N) is 1. The minimum atomic E-state index is -4.14. The predicted molar refractivity (Wildman–Crippen MR) is 80.9 cm³/mol. The van der Waals surface area contributed by atoms with Gasteiger partial charge < -0.3 is 10.6 Å². The number of nitro groups is 1. The molecule has 0 radical (unpaired) electrons. The smallest absolute Gasteiger partial charge is 0.295 e. The van der Waals surface area contributed by atoms with Crippen LogP contribution in [0.2, 0.25) is 0 Å².